The van der Waals surface area contributed by atoms with Gasteiger partial charge in [0.1, 0.15) is 6.54 Å². The van der Waals surface area contributed by atoms with Crippen molar-refractivity contribution in [2.24, 2.45) is 0 Å². The highest BCUT2D eigenvalue weighted by Crippen LogP contribution is 2.13. The molecule has 2 rings (SSSR count). The van der Waals surface area contributed by atoms with Gasteiger partial charge < -0.3 is 5.32 Å². The summed E-state index contributed by atoms with van der Waals surface area (Å²) in [6.45, 7) is 1.83. The fourth-order valence-corrected chi connectivity index (χ4v) is 1.94. The third-order valence-corrected chi connectivity index (χ3v) is 2.93. The molecule has 21 heavy (non-hydrogen) atoms. The summed E-state index contributed by atoms with van der Waals surface area (Å²) < 4.78 is 1.12. The van der Waals surface area contributed by atoms with E-state index < -0.39 is 17.5 Å². The number of carbonyl (C=O) groups is 2. The average Bonchev–Trinajstić information content (AvgIpc) is 2.42. The van der Waals surface area contributed by atoms with Crippen LogP contribution in [-0.4, -0.2) is 28.0 Å². The summed E-state index contributed by atoms with van der Waals surface area (Å²) in [6.07, 6.45) is 1.26. The molecule has 0 aliphatic heterocycles. The number of aromatic nitrogens is 2. The van der Waals surface area contributed by atoms with Crippen molar-refractivity contribution in [2.45, 2.75) is 13.5 Å². The maximum Gasteiger partial charge on any atom is 0.321 e. The molecule has 110 valence electrons. The van der Waals surface area contributed by atoms with Crippen molar-refractivity contribution >= 4 is 34.4 Å². The predicted molar refractivity (Wildman–Crippen MR) is 78.2 cm³/mol. The number of carbonyl (C=O) groups excluding carboxylic acids is 2. The van der Waals surface area contributed by atoms with Gasteiger partial charge in [0, 0.05) is 11.6 Å². The second-order valence-electron chi connectivity index (χ2n) is 4.25. The van der Waals surface area contributed by atoms with E-state index in [4.69, 9.17) is 11.6 Å². The van der Waals surface area contributed by atoms with Gasteiger partial charge in [-0.05, 0) is 25.1 Å². The Hall–Kier alpha value is -2.41. The Bertz CT molecular complexity index is 757. The molecule has 0 aliphatic rings. The van der Waals surface area contributed by atoms with E-state index in [0.29, 0.717) is 22.5 Å². The number of nitrogens with zero attached hydrogens (tertiary/aromatic N) is 2. The van der Waals surface area contributed by atoms with Gasteiger partial charge in [-0.15, -0.1) is 0 Å². The number of benzene rings is 1. The Balaban J connectivity index is 2.23. The number of rotatable bonds is 3. The molecule has 3 amide bonds. The zero-order chi connectivity index (χ0) is 15.4. The number of amides is 3. The van der Waals surface area contributed by atoms with Crippen LogP contribution in [0, 0.1) is 0 Å². The number of imide groups is 1. The van der Waals surface area contributed by atoms with Crippen molar-refractivity contribution in [1.82, 2.24) is 20.2 Å². The zero-order valence-electron chi connectivity index (χ0n) is 11.2. The molecule has 0 saturated heterocycles. The van der Waals surface area contributed by atoms with E-state index in [1.165, 1.54) is 12.4 Å². The molecule has 1 aromatic heterocycles. The number of hydrogen-bond donors (Lipinski definition) is 2. The molecule has 0 spiro atoms. The first kappa shape index (κ1) is 15.0. The largest absolute Gasteiger partial charge is 0.338 e. The highest BCUT2D eigenvalue weighted by atomic mass is 35.5. The Labute approximate surface area is 124 Å². The van der Waals surface area contributed by atoms with Crippen molar-refractivity contribution in [2.75, 3.05) is 6.54 Å². The van der Waals surface area contributed by atoms with Crippen molar-refractivity contribution in [1.29, 1.82) is 0 Å². The molecule has 0 radical (unpaired) electrons. The van der Waals surface area contributed by atoms with Crippen LogP contribution in [0.4, 0.5) is 4.79 Å². The lowest BCUT2D eigenvalue weighted by Crippen LogP contribution is -2.42. The zero-order valence-corrected chi connectivity index (χ0v) is 12.0. The summed E-state index contributed by atoms with van der Waals surface area (Å²) in [7, 11) is 0. The maximum absolute atomic E-state index is 12.2. The second kappa shape index (κ2) is 6.36. The first-order valence-electron chi connectivity index (χ1n) is 6.23. The molecule has 0 bridgehead atoms. The topological polar surface area (TPSA) is 93.1 Å². The second-order valence-corrected chi connectivity index (χ2v) is 4.68. The van der Waals surface area contributed by atoms with Crippen LogP contribution in [0.5, 0.6) is 0 Å². The molecular weight excluding hydrogens is 296 g/mol. The summed E-state index contributed by atoms with van der Waals surface area (Å²) in [5, 5.41) is 5.26. The minimum atomic E-state index is -0.605. The lowest BCUT2D eigenvalue weighted by Gasteiger charge is -2.07. The Morgan fingerprint density at radius 2 is 2.14 bits per heavy atom. The third kappa shape index (κ3) is 3.57. The van der Waals surface area contributed by atoms with Crippen molar-refractivity contribution in [3.8, 4) is 0 Å². The van der Waals surface area contributed by atoms with Crippen LogP contribution >= 0.6 is 11.6 Å². The smallest absolute Gasteiger partial charge is 0.321 e. The van der Waals surface area contributed by atoms with Crippen LogP contribution < -0.4 is 16.2 Å². The predicted octanol–water partition coefficient (Wildman–Crippen LogP) is 0.896. The molecule has 7 nitrogen and oxygen atoms in total. The van der Waals surface area contributed by atoms with E-state index in [2.05, 4.69) is 15.6 Å². The molecule has 0 atom stereocenters. The van der Waals surface area contributed by atoms with Gasteiger partial charge in [0.15, 0.2) is 0 Å². The van der Waals surface area contributed by atoms with Gasteiger partial charge >= 0.3 is 6.03 Å². The Morgan fingerprint density at radius 1 is 1.38 bits per heavy atom. The molecule has 0 aliphatic carbocycles. The molecular formula is C13H13ClN4O3. The van der Waals surface area contributed by atoms with E-state index in [-0.39, 0.29) is 6.54 Å². The van der Waals surface area contributed by atoms with E-state index in [9.17, 15) is 14.4 Å². The number of fused-ring (bicyclic) bond motifs is 1. The lowest BCUT2D eigenvalue weighted by atomic mass is 10.2. The standard InChI is InChI=1S/C13H13ClN4O3/c1-2-15-13(21)17-11(19)6-18-7-16-10-4-3-8(14)5-9(10)12(18)20/h3-5,7H,2,6H2,1H3,(H2,15,17,19,21). The summed E-state index contributed by atoms with van der Waals surface area (Å²) >= 11 is 5.84. The molecule has 1 heterocycles. The van der Waals surface area contributed by atoms with Crippen LogP contribution in [-0.2, 0) is 11.3 Å². The molecule has 2 aromatic rings. The summed E-state index contributed by atoms with van der Waals surface area (Å²) in [5.41, 5.74) is 0.0957. The minimum absolute atomic E-state index is 0.300. The highest BCUT2D eigenvalue weighted by molar-refractivity contribution is 6.31. The Kier molecular flexibility index (Phi) is 4.54. The van der Waals surface area contributed by atoms with Gasteiger partial charge in [-0.1, -0.05) is 11.6 Å². The summed E-state index contributed by atoms with van der Waals surface area (Å²) in [5.74, 6) is -0.605. The normalized spacial score (nSPS) is 10.4. The summed E-state index contributed by atoms with van der Waals surface area (Å²) in [4.78, 5) is 39.2. The first-order chi connectivity index (χ1) is 10.0. The van der Waals surface area contributed by atoms with Gasteiger partial charge in [0.05, 0.1) is 17.2 Å². The van der Waals surface area contributed by atoms with E-state index in [0.717, 1.165) is 4.57 Å². The van der Waals surface area contributed by atoms with Crippen molar-refractivity contribution in [3.63, 3.8) is 0 Å². The number of urea groups is 1. The molecule has 0 saturated carbocycles. The summed E-state index contributed by atoms with van der Waals surface area (Å²) in [6, 6.07) is 4.14. The molecule has 1 aromatic carbocycles. The molecule has 0 unspecified atom stereocenters. The van der Waals surface area contributed by atoms with Gasteiger partial charge in [-0.25, -0.2) is 9.78 Å². The van der Waals surface area contributed by atoms with Crippen LogP contribution in [0.1, 0.15) is 6.92 Å². The fraction of sp³-hybridized carbons (Fsp3) is 0.231. The quantitative estimate of drug-likeness (QED) is 0.881. The molecule has 0 fully saturated rings. The van der Waals surface area contributed by atoms with Crippen LogP contribution in [0.15, 0.2) is 29.3 Å². The number of hydrogen-bond acceptors (Lipinski definition) is 4. The average molecular weight is 309 g/mol. The third-order valence-electron chi connectivity index (χ3n) is 2.69. The van der Waals surface area contributed by atoms with Gasteiger partial charge in [0.25, 0.3) is 5.56 Å². The van der Waals surface area contributed by atoms with Gasteiger partial charge in [-0.2, -0.15) is 0 Å². The fourth-order valence-electron chi connectivity index (χ4n) is 1.77. The van der Waals surface area contributed by atoms with E-state index >= 15 is 0 Å². The van der Waals surface area contributed by atoms with Crippen LogP contribution in [0.3, 0.4) is 0 Å². The van der Waals surface area contributed by atoms with Crippen LogP contribution in [0.25, 0.3) is 10.9 Å². The first-order valence-corrected chi connectivity index (χ1v) is 6.61. The monoisotopic (exact) mass is 308 g/mol. The highest BCUT2D eigenvalue weighted by Gasteiger charge is 2.10. The maximum atomic E-state index is 12.2. The lowest BCUT2D eigenvalue weighted by molar-refractivity contribution is -0.120. The molecule has 2 N–H and O–H groups in total. The number of nitrogens with one attached hydrogen (secondary N) is 2. The van der Waals surface area contributed by atoms with Gasteiger partial charge in [-0.3, -0.25) is 19.5 Å². The SMILES string of the molecule is CCNC(=O)NC(=O)Cn1cnc2ccc(Cl)cc2c1=O. The Morgan fingerprint density at radius 3 is 2.86 bits per heavy atom. The van der Waals surface area contributed by atoms with E-state index in [1.807, 2.05) is 0 Å². The molecule has 8 heteroatoms. The van der Waals surface area contributed by atoms with Crippen LogP contribution in [0.2, 0.25) is 5.02 Å². The van der Waals surface area contributed by atoms with Crippen molar-refractivity contribution < 1.29 is 9.59 Å². The minimum Gasteiger partial charge on any atom is -0.338 e. The van der Waals surface area contributed by atoms with Crippen molar-refractivity contribution in [3.05, 3.63) is 39.9 Å². The van der Waals surface area contributed by atoms with E-state index in [1.54, 1.807) is 19.1 Å². The van der Waals surface area contributed by atoms with Gasteiger partial charge in [0.2, 0.25) is 5.91 Å². The number of halogens is 1.